The average Bonchev–Trinajstić information content (AvgIpc) is 3.16. The molecule has 8 nitrogen and oxygen atoms in total. The minimum absolute atomic E-state index is 0.0613. The highest BCUT2D eigenvalue weighted by molar-refractivity contribution is 5.96. The van der Waals surface area contributed by atoms with Crippen molar-refractivity contribution in [1.29, 1.82) is 0 Å². The van der Waals surface area contributed by atoms with Crippen LogP contribution in [0.4, 0.5) is 5.69 Å². The number of amides is 1. The molecule has 0 fully saturated rings. The number of nitro groups is 1. The smallest absolute Gasteiger partial charge is 0.273 e. The summed E-state index contributed by atoms with van der Waals surface area (Å²) >= 11 is 0. The van der Waals surface area contributed by atoms with Crippen LogP contribution < -0.4 is 0 Å². The molecule has 1 amide bonds. The highest BCUT2D eigenvalue weighted by Gasteiger charge is 2.23. The molecule has 1 aromatic heterocycles. The first-order valence-corrected chi connectivity index (χ1v) is 8.94. The van der Waals surface area contributed by atoms with Crippen molar-refractivity contribution in [2.24, 2.45) is 0 Å². The number of nitro benzene ring substituents is 1. The fourth-order valence-corrected chi connectivity index (χ4v) is 2.98. The molecule has 0 atom stereocenters. The van der Waals surface area contributed by atoms with Gasteiger partial charge in [-0.05, 0) is 26.0 Å². The van der Waals surface area contributed by atoms with E-state index < -0.39 is 4.92 Å². The van der Waals surface area contributed by atoms with Gasteiger partial charge in [0.2, 0.25) is 11.7 Å². The van der Waals surface area contributed by atoms with Crippen LogP contribution in [0, 0.1) is 24.0 Å². The first-order valence-electron chi connectivity index (χ1n) is 8.94. The van der Waals surface area contributed by atoms with Gasteiger partial charge in [-0.25, -0.2) is 0 Å². The number of carbonyl (C=O) groups excluding carboxylic acids is 1. The highest BCUT2D eigenvalue weighted by atomic mass is 16.6. The van der Waals surface area contributed by atoms with E-state index in [2.05, 4.69) is 16.7 Å². The lowest BCUT2D eigenvalue weighted by Gasteiger charge is -2.20. The lowest BCUT2D eigenvalue weighted by atomic mass is 10.1. The van der Waals surface area contributed by atoms with Gasteiger partial charge in [-0.2, -0.15) is 4.98 Å². The van der Waals surface area contributed by atoms with Crippen molar-refractivity contribution in [2.45, 2.75) is 20.4 Å². The monoisotopic (exact) mass is 392 g/mol. The largest absolute Gasteiger partial charge is 0.337 e. The fourth-order valence-electron chi connectivity index (χ4n) is 2.98. The van der Waals surface area contributed by atoms with Crippen LogP contribution >= 0.6 is 0 Å². The number of rotatable bonds is 7. The lowest BCUT2D eigenvalue weighted by molar-refractivity contribution is -0.385. The number of nitrogens with zero attached hydrogens (tertiary/aromatic N) is 4. The van der Waals surface area contributed by atoms with Gasteiger partial charge in [0.1, 0.15) is 6.54 Å². The van der Waals surface area contributed by atoms with Gasteiger partial charge in [0.15, 0.2) is 0 Å². The molecular formula is C21H20N4O4. The fraction of sp³-hybridized carbons (Fsp3) is 0.190. The molecular weight excluding hydrogens is 372 g/mol. The Hall–Kier alpha value is -3.81. The van der Waals surface area contributed by atoms with Crippen LogP contribution in [0.15, 0.2) is 59.6 Å². The third-order valence-corrected chi connectivity index (χ3v) is 4.44. The van der Waals surface area contributed by atoms with Gasteiger partial charge >= 0.3 is 0 Å². The third kappa shape index (κ3) is 4.37. The van der Waals surface area contributed by atoms with E-state index in [9.17, 15) is 14.9 Å². The predicted octanol–water partition coefficient (Wildman–Crippen LogP) is 4.09. The molecule has 1 heterocycles. The Balaban J connectivity index is 1.86. The van der Waals surface area contributed by atoms with Crippen LogP contribution in [0.2, 0.25) is 0 Å². The van der Waals surface area contributed by atoms with E-state index in [-0.39, 0.29) is 36.1 Å². The van der Waals surface area contributed by atoms with Crippen molar-refractivity contribution in [3.8, 4) is 11.4 Å². The summed E-state index contributed by atoms with van der Waals surface area (Å²) in [5, 5.41) is 15.2. The van der Waals surface area contributed by atoms with Crippen molar-refractivity contribution >= 4 is 11.6 Å². The Morgan fingerprint density at radius 1 is 1.28 bits per heavy atom. The molecule has 0 spiro atoms. The van der Waals surface area contributed by atoms with E-state index in [0.717, 1.165) is 11.1 Å². The number of hydrogen-bond donors (Lipinski definition) is 0. The second kappa shape index (κ2) is 8.47. The quantitative estimate of drug-likeness (QED) is 0.341. The molecule has 3 aromatic rings. The molecule has 3 rings (SSSR count). The Bertz CT molecular complexity index is 1070. The lowest BCUT2D eigenvalue weighted by Crippen LogP contribution is -2.31. The summed E-state index contributed by atoms with van der Waals surface area (Å²) in [6.07, 6.45) is 1.57. The number of benzene rings is 2. The third-order valence-electron chi connectivity index (χ3n) is 4.44. The molecule has 2 aromatic carbocycles. The molecule has 0 saturated heterocycles. The van der Waals surface area contributed by atoms with E-state index in [1.165, 1.54) is 17.0 Å². The maximum atomic E-state index is 13.0. The van der Waals surface area contributed by atoms with Gasteiger partial charge in [0.05, 0.1) is 4.92 Å². The van der Waals surface area contributed by atoms with Crippen LogP contribution in [0.25, 0.3) is 11.4 Å². The Kier molecular flexibility index (Phi) is 5.82. The standard InChI is InChI=1S/C21H20N4O4/c1-4-11-24(21(26)17-9-6-10-18(15(17)3)25(27)28)13-19-22-20(23-29-19)16-8-5-7-14(2)12-16/h4-10,12H,1,11,13H2,2-3H3. The number of aryl methyl sites for hydroxylation is 1. The topological polar surface area (TPSA) is 102 Å². The van der Waals surface area contributed by atoms with Crippen molar-refractivity contribution < 1.29 is 14.2 Å². The van der Waals surface area contributed by atoms with Crippen LogP contribution in [0.1, 0.15) is 27.4 Å². The second-order valence-corrected chi connectivity index (χ2v) is 6.56. The average molecular weight is 392 g/mol. The summed E-state index contributed by atoms with van der Waals surface area (Å²) in [5.41, 5.74) is 2.34. The van der Waals surface area contributed by atoms with Gasteiger partial charge in [-0.15, -0.1) is 6.58 Å². The van der Waals surface area contributed by atoms with Crippen LogP contribution in [0.3, 0.4) is 0 Å². The van der Waals surface area contributed by atoms with Crippen LogP contribution in [0.5, 0.6) is 0 Å². The second-order valence-electron chi connectivity index (χ2n) is 6.56. The van der Waals surface area contributed by atoms with E-state index in [1.54, 1.807) is 19.1 Å². The van der Waals surface area contributed by atoms with Crippen LogP contribution in [-0.2, 0) is 6.54 Å². The number of aromatic nitrogens is 2. The molecule has 0 aliphatic heterocycles. The van der Waals surface area contributed by atoms with Gasteiger partial charge < -0.3 is 9.42 Å². The van der Waals surface area contributed by atoms with Gasteiger partial charge in [-0.1, -0.05) is 41.1 Å². The van der Waals surface area contributed by atoms with Crippen molar-refractivity contribution in [3.05, 3.63) is 87.8 Å². The molecule has 0 N–H and O–H groups in total. The maximum absolute atomic E-state index is 13.0. The summed E-state index contributed by atoms with van der Waals surface area (Å²) in [6, 6.07) is 12.1. The molecule has 148 valence electrons. The summed E-state index contributed by atoms with van der Waals surface area (Å²) in [6.45, 7) is 7.49. The first-order chi connectivity index (χ1) is 13.9. The zero-order valence-electron chi connectivity index (χ0n) is 16.2. The Morgan fingerprint density at radius 3 is 2.72 bits per heavy atom. The predicted molar refractivity (Wildman–Crippen MR) is 107 cm³/mol. The SMILES string of the molecule is C=CCN(Cc1nc(-c2cccc(C)c2)no1)C(=O)c1cccc([N+](=O)[O-])c1C. The molecule has 0 bridgehead atoms. The molecule has 0 saturated carbocycles. The molecule has 0 radical (unpaired) electrons. The van der Waals surface area contributed by atoms with Crippen molar-refractivity contribution in [1.82, 2.24) is 15.0 Å². The summed E-state index contributed by atoms with van der Waals surface area (Å²) in [4.78, 5) is 29.5. The van der Waals surface area contributed by atoms with E-state index >= 15 is 0 Å². The van der Waals surface area contributed by atoms with Crippen molar-refractivity contribution in [3.63, 3.8) is 0 Å². The first kappa shape index (κ1) is 19.9. The summed E-state index contributed by atoms with van der Waals surface area (Å²) in [7, 11) is 0. The normalized spacial score (nSPS) is 10.6. The Labute approximate surface area is 167 Å². The molecule has 0 aliphatic carbocycles. The van der Waals surface area contributed by atoms with Gasteiger partial charge in [0.25, 0.3) is 11.6 Å². The molecule has 29 heavy (non-hydrogen) atoms. The minimum atomic E-state index is -0.504. The molecule has 0 unspecified atom stereocenters. The number of carbonyl (C=O) groups is 1. The van der Waals surface area contributed by atoms with Gasteiger partial charge in [-0.3, -0.25) is 14.9 Å². The van der Waals surface area contributed by atoms with E-state index in [1.807, 2.05) is 31.2 Å². The zero-order valence-corrected chi connectivity index (χ0v) is 16.2. The summed E-state index contributed by atoms with van der Waals surface area (Å²) in [5.74, 6) is 0.322. The molecule has 8 heteroatoms. The maximum Gasteiger partial charge on any atom is 0.273 e. The van der Waals surface area contributed by atoms with Crippen LogP contribution in [-0.4, -0.2) is 32.4 Å². The zero-order chi connectivity index (χ0) is 21.0. The minimum Gasteiger partial charge on any atom is -0.337 e. The number of hydrogen-bond acceptors (Lipinski definition) is 6. The highest BCUT2D eigenvalue weighted by Crippen LogP contribution is 2.23. The van der Waals surface area contributed by atoms with E-state index in [4.69, 9.17) is 4.52 Å². The van der Waals surface area contributed by atoms with Gasteiger partial charge in [0, 0.05) is 29.3 Å². The summed E-state index contributed by atoms with van der Waals surface area (Å²) < 4.78 is 5.32. The Morgan fingerprint density at radius 2 is 2.03 bits per heavy atom. The molecule has 0 aliphatic rings. The van der Waals surface area contributed by atoms with Crippen molar-refractivity contribution in [2.75, 3.05) is 6.54 Å². The van der Waals surface area contributed by atoms with E-state index in [0.29, 0.717) is 11.4 Å².